The summed E-state index contributed by atoms with van der Waals surface area (Å²) in [6, 6.07) is 5.10. The van der Waals surface area contributed by atoms with Gasteiger partial charge in [0.1, 0.15) is 0 Å². The second kappa shape index (κ2) is 4.14. The maximum atomic E-state index is 5.96. The molecule has 4 aliphatic rings. The molecule has 21 heavy (non-hydrogen) atoms. The van der Waals surface area contributed by atoms with Crippen LogP contribution in [0.1, 0.15) is 36.8 Å². The van der Waals surface area contributed by atoms with Crippen LogP contribution in [0.25, 0.3) is 0 Å². The van der Waals surface area contributed by atoms with Crippen molar-refractivity contribution in [3.63, 3.8) is 0 Å². The largest absolute Gasteiger partial charge is 0.454 e. The van der Waals surface area contributed by atoms with Crippen molar-refractivity contribution in [2.24, 2.45) is 0 Å². The highest BCUT2D eigenvalue weighted by molar-refractivity contribution is 5.54. The van der Waals surface area contributed by atoms with Gasteiger partial charge in [0.2, 0.25) is 6.79 Å². The Balaban J connectivity index is 1.73. The van der Waals surface area contributed by atoms with E-state index in [-0.39, 0.29) is 5.41 Å². The summed E-state index contributed by atoms with van der Waals surface area (Å²) in [5.74, 6) is 1.83. The molecule has 0 radical (unpaired) electrons. The predicted octanol–water partition coefficient (Wildman–Crippen LogP) is 2.44. The van der Waals surface area contributed by atoms with Gasteiger partial charge in [-0.25, -0.2) is 0 Å². The van der Waals surface area contributed by atoms with Gasteiger partial charge in [-0.1, -0.05) is 0 Å². The highest BCUT2D eigenvalue weighted by Crippen LogP contribution is 2.56. The van der Waals surface area contributed by atoms with Crippen LogP contribution in [0.4, 0.5) is 0 Å². The van der Waals surface area contributed by atoms with Crippen LogP contribution in [-0.2, 0) is 16.7 Å². The molecule has 112 valence electrons. The van der Waals surface area contributed by atoms with Gasteiger partial charge in [0.15, 0.2) is 11.5 Å². The molecule has 1 aromatic rings. The lowest BCUT2D eigenvalue weighted by atomic mass is 9.62. The normalized spacial score (nSPS) is 39.0. The molecule has 5 rings (SSSR count). The molecule has 1 aliphatic carbocycles. The maximum absolute atomic E-state index is 5.96. The van der Waals surface area contributed by atoms with E-state index < -0.39 is 0 Å². The zero-order chi connectivity index (χ0) is 14.0. The second-order valence-electron chi connectivity index (χ2n) is 6.79. The first-order valence-corrected chi connectivity index (χ1v) is 8.03. The zero-order valence-corrected chi connectivity index (χ0v) is 12.4. The molecule has 3 heterocycles. The Bertz CT molecular complexity index is 602. The van der Waals surface area contributed by atoms with Crippen molar-refractivity contribution in [1.29, 1.82) is 0 Å². The van der Waals surface area contributed by atoms with Crippen LogP contribution in [0, 0.1) is 0 Å². The molecule has 4 nitrogen and oxygen atoms in total. The average Bonchev–Trinajstić information content (AvgIpc) is 3.07. The molecule has 2 fully saturated rings. The molecule has 2 bridgehead atoms. The van der Waals surface area contributed by atoms with Gasteiger partial charge in [-0.2, -0.15) is 0 Å². The van der Waals surface area contributed by atoms with Crippen LogP contribution in [0.15, 0.2) is 12.1 Å². The molecular formula is C17H21NO3. The minimum absolute atomic E-state index is 0.168. The molecule has 0 spiro atoms. The van der Waals surface area contributed by atoms with Crippen molar-refractivity contribution in [3.8, 4) is 11.5 Å². The van der Waals surface area contributed by atoms with E-state index >= 15 is 0 Å². The van der Waals surface area contributed by atoms with Crippen LogP contribution in [0.5, 0.6) is 11.5 Å². The topological polar surface area (TPSA) is 30.9 Å². The molecule has 1 saturated heterocycles. The van der Waals surface area contributed by atoms with E-state index in [4.69, 9.17) is 14.2 Å². The molecule has 4 atom stereocenters. The van der Waals surface area contributed by atoms with Crippen molar-refractivity contribution < 1.29 is 14.2 Å². The summed E-state index contributed by atoms with van der Waals surface area (Å²) in [4.78, 5) is 2.66. The lowest BCUT2D eigenvalue weighted by Crippen LogP contribution is -2.56. The molecule has 3 aliphatic heterocycles. The minimum Gasteiger partial charge on any atom is -0.454 e. The van der Waals surface area contributed by atoms with E-state index in [2.05, 4.69) is 17.0 Å². The molecule has 0 N–H and O–H groups in total. The average molecular weight is 287 g/mol. The highest BCUT2D eigenvalue weighted by atomic mass is 16.7. The number of hydrogen-bond acceptors (Lipinski definition) is 4. The third kappa shape index (κ3) is 1.42. The Morgan fingerprint density at radius 3 is 2.95 bits per heavy atom. The number of benzene rings is 1. The number of nitrogens with zero attached hydrogens (tertiary/aromatic N) is 1. The minimum atomic E-state index is 0.168. The molecular weight excluding hydrogens is 266 g/mol. The van der Waals surface area contributed by atoms with Gasteiger partial charge < -0.3 is 14.2 Å². The molecule has 1 saturated carbocycles. The fourth-order valence-electron chi connectivity index (χ4n) is 5.32. The first-order valence-electron chi connectivity index (χ1n) is 8.03. The van der Waals surface area contributed by atoms with E-state index in [9.17, 15) is 0 Å². The maximum Gasteiger partial charge on any atom is 0.231 e. The van der Waals surface area contributed by atoms with Crippen molar-refractivity contribution in [2.75, 3.05) is 20.4 Å². The fourth-order valence-corrected chi connectivity index (χ4v) is 5.32. The number of methoxy groups -OCH3 is 1. The summed E-state index contributed by atoms with van der Waals surface area (Å²) < 4.78 is 17.2. The summed E-state index contributed by atoms with van der Waals surface area (Å²) in [7, 11) is 1.88. The Morgan fingerprint density at radius 2 is 2.10 bits per heavy atom. The summed E-state index contributed by atoms with van der Waals surface area (Å²) in [6.45, 7) is 2.59. The fraction of sp³-hybridized carbons (Fsp3) is 0.647. The standard InChI is InChI=1S/C17H21NO3/c1-19-16-4-2-3-15-17(16)5-6-18(15)9-11-7-13-14(8-12(11)17)21-10-20-13/h7-8,15-16H,2-6,9-10H2,1H3. The smallest absolute Gasteiger partial charge is 0.231 e. The third-order valence-corrected chi connectivity index (χ3v) is 6.12. The Morgan fingerprint density at radius 1 is 1.24 bits per heavy atom. The number of ether oxygens (including phenoxy) is 3. The SMILES string of the molecule is COC1CCCC2N3CCC12c1cc2c(cc1C3)OCO2. The van der Waals surface area contributed by atoms with Crippen LogP contribution >= 0.6 is 0 Å². The first kappa shape index (κ1) is 12.3. The first-order chi connectivity index (χ1) is 10.3. The molecule has 0 aromatic heterocycles. The lowest BCUT2D eigenvalue weighted by molar-refractivity contribution is -0.0256. The van der Waals surface area contributed by atoms with E-state index in [0.29, 0.717) is 18.9 Å². The Kier molecular flexibility index (Phi) is 2.43. The second-order valence-corrected chi connectivity index (χ2v) is 6.79. The van der Waals surface area contributed by atoms with Gasteiger partial charge >= 0.3 is 0 Å². The number of rotatable bonds is 1. The van der Waals surface area contributed by atoms with E-state index in [0.717, 1.165) is 18.0 Å². The van der Waals surface area contributed by atoms with Gasteiger partial charge in [0, 0.05) is 25.1 Å². The van der Waals surface area contributed by atoms with Crippen LogP contribution in [0.3, 0.4) is 0 Å². The summed E-state index contributed by atoms with van der Waals surface area (Å²) in [6.07, 6.45) is 5.30. The van der Waals surface area contributed by atoms with Crippen LogP contribution < -0.4 is 9.47 Å². The number of fused-ring (bicyclic) bond motifs is 2. The summed E-state index contributed by atoms with van der Waals surface area (Å²) in [5, 5.41) is 0. The molecule has 1 aromatic carbocycles. The van der Waals surface area contributed by atoms with Gasteiger partial charge in [0.25, 0.3) is 0 Å². The van der Waals surface area contributed by atoms with E-state index in [1.807, 2.05) is 7.11 Å². The van der Waals surface area contributed by atoms with E-state index in [1.165, 1.54) is 43.4 Å². The summed E-state index contributed by atoms with van der Waals surface area (Å²) in [5.41, 5.74) is 3.05. The van der Waals surface area contributed by atoms with Crippen molar-refractivity contribution in [2.45, 2.75) is 49.8 Å². The van der Waals surface area contributed by atoms with Gasteiger partial charge in [-0.05, 0) is 55.5 Å². The van der Waals surface area contributed by atoms with Gasteiger partial charge in [-0.15, -0.1) is 0 Å². The Hall–Kier alpha value is -1.26. The van der Waals surface area contributed by atoms with Crippen molar-refractivity contribution in [1.82, 2.24) is 4.90 Å². The molecule has 0 amide bonds. The van der Waals surface area contributed by atoms with Gasteiger partial charge in [0.05, 0.1) is 6.10 Å². The highest BCUT2D eigenvalue weighted by Gasteiger charge is 2.58. The molecule has 4 unspecified atom stereocenters. The summed E-state index contributed by atoms with van der Waals surface area (Å²) >= 11 is 0. The van der Waals surface area contributed by atoms with Gasteiger partial charge in [-0.3, -0.25) is 4.90 Å². The molecule has 4 heteroatoms. The monoisotopic (exact) mass is 287 g/mol. The van der Waals surface area contributed by atoms with Crippen LogP contribution in [-0.4, -0.2) is 37.5 Å². The predicted molar refractivity (Wildman–Crippen MR) is 77.7 cm³/mol. The quantitative estimate of drug-likeness (QED) is 0.794. The Labute approximate surface area is 125 Å². The zero-order valence-electron chi connectivity index (χ0n) is 12.4. The van der Waals surface area contributed by atoms with Crippen molar-refractivity contribution in [3.05, 3.63) is 23.3 Å². The van der Waals surface area contributed by atoms with E-state index in [1.54, 1.807) is 0 Å². The number of hydrogen-bond donors (Lipinski definition) is 0. The lowest BCUT2D eigenvalue weighted by Gasteiger charge is -2.50. The van der Waals surface area contributed by atoms with Crippen molar-refractivity contribution >= 4 is 0 Å². The van der Waals surface area contributed by atoms with Crippen LogP contribution in [0.2, 0.25) is 0 Å². The third-order valence-electron chi connectivity index (χ3n) is 6.12.